The van der Waals surface area contributed by atoms with Gasteiger partial charge < -0.3 is 9.88 Å². The molecule has 1 atom stereocenters. The first kappa shape index (κ1) is 18.8. The van der Waals surface area contributed by atoms with Crippen molar-refractivity contribution in [2.45, 2.75) is 19.4 Å². The Morgan fingerprint density at radius 1 is 1.21 bits per heavy atom. The molecule has 1 aliphatic rings. The van der Waals surface area contributed by atoms with Crippen molar-refractivity contribution in [2.75, 3.05) is 10.5 Å². The lowest BCUT2D eigenvalue weighted by Crippen LogP contribution is -2.29. The molecule has 0 saturated carbocycles. The smallest absolute Gasteiger partial charge is 0.268 e. The molecule has 0 aliphatic carbocycles. The summed E-state index contributed by atoms with van der Waals surface area (Å²) in [6.07, 6.45) is 0.461. The lowest BCUT2D eigenvalue weighted by Gasteiger charge is -2.21. The molecule has 1 aliphatic heterocycles. The molecule has 0 fully saturated rings. The SMILES string of the molecule is CC(NC(=O)c1cc2ccc(Cl)cc2n1C)c1ccc2c(c1)CCS(=O)(=O)N2. The number of aryl methyl sites for hydroxylation is 2. The van der Waals surface area contributed by atoms with Gasteiger partial charge in [-0.25, -0.2) is 8.42 Å². The molecule has 1 amide bonds. The molecule has 1 unspecified atom stereocenters. The normalized spacial score (nSPS) is 16.2. The van der Waals surface area contributed by atoms with Crippen molar-refractivity contribution in [3.63, 3.8) is 0 Å². The van der Waals surface area contributed by atoms with Crippen molar-refractivity contribution in [1.82, 2.24) is 9.88 Å². The molecular weight excluding hydrogens is 398 g/mol. The second-order valence-electron chi connectivity index (χ2n) is 7.07. The number of halogens is 1. The average Bonchev–Trinajstić information content (AvgIpc) is 2.97. The summed E-state index contributed by atoms with van der Waals surface area (Å²) in [4.78, 5) is 12.8. The number of aromatic nitrogens is 1. The van der Waals surface area contributed by atoms with Crippen LogP contribution in [0.4, 0.5) is 5.69 Å². The van der Waals surface area contributed by atoms with E-state index in [1.165, 1.54) is 0 Å². The standard InChI is InChI=1S/C20H20ClN3O3S/c1-12(13-4-6-17-14(9-13)7-8-28(26,27)23-17)22-20(25)19-10-15-3-5-16(21)11-18(15)24(19)2/h3-6,9-12,23H,7-8H2,1-2H3,(H,22,25). The number of carbonyl (C=O) groups is 1. The average molecular weight is 418 g/mol. The minimum Gasteiger partial charge on any atom is -0.344 e. The number of amides is 1. The second kappa shape index (κ2) is 6.83. The molecule has 2 N–H and O–H groups in total. The number of rotatable bonds is 3. The van der Waals surface area contributed by atoms with E-state index in [-0.39, 0.29) is 17.7 Å². The van der Waals surface area contributed by atoms with E-state index in [2.05, 4.69) is 10.0 Å². The topological polar surface area (TPSA) is 80.2 Å². The highest BCUT2D eigenvalue weighted by atomic mass is 35.5. The van der Waals surface area contributed by atoms with E-state index >= 15 is 0 Å². The largest absolute Gasteiger partial charge is 0.344 e. The first-order valence-corrected chi connectivity index (χ1v) is 11.0. The van der Waals surface area contributed by atoms with E-state index in [1.807, 2.05) is 48.9 Å². The molecule has 28 heavy (non-hydrogen) atoms. The van der Waals surface area contributed by atoms with Crippen LogP contribution in [0.5, 0.6) is 0 Å². The molecule has 8 heteroatoms. The number of sulfonamides is 1. The Labute approximate surface area is 168 Å². The third-order valence-electron chi connectivity index (χ3n) is 5.12. The number of benzene rings is 2. The Morgan fingerprint density at radius 2 is 2.00 bits per heavy atom. The first-order chi connectivity index (χ1) is 13.2. The number of carbonyl (C=O) groups excluding carboxylic acids is 1. The maximum atomic E-state index is 12.8. The zero-order valence-electron chi connectivity index (χ0n) is 15.5. The fourth-order valence-electron chi connectivity index (χ4n) is 3.53. The van der Waals surface area contributed by atoms with Crippen LogP contribution in [0.1, 0.15) is 34.6 Å². The van der Waals surface area contributed by atoms with E-state index in [9.17, 15) is 13.2 Å². The molecule has 2 aromatic carbocycles. The zero-order chi connectivity index (χ0) is 20.1. The summed E-state index contributed by atoms with van der Waals surface area (Å²) in [5, 5.41) is 4.59. The van der Waals surface area contributed by atoms with Gasteiger partial charge >= 0.3 is 0 Å². The molecule has 6 nitrogen and oxygen atoms in total. The Bertz CT molecular complexity index is 1200. The van der Waals surface area contributed by atoms with Crippen molar-refractivity contribution in [2.24, 2.45) is 7.05 Å². The van der Waals surface area contributed by atoms with Gasteiger partial charge in [-0.05, 0) is 48.7 Å². The minimum atomic E-state index is -3.24. The van der Waals surface area contributed by atoms with Gasteiger partial charge in [0.05, 0.1) is 17.5 Å². The fraction of sp³-hybridized carbons (Fsp3) is 0.250. The predicted molar refractivity (Wildman–Crippen MR) is 111 cm³/mol. The van der Waals surface area contributed by atoms with E-state index in [4.69, 9.17) is 11.6 Å². The second-order valence-corrected chi connectivity index (χ2v) is 9.35. The molecule has 0 saturated heterocycles. The van der Waals surface area contributed by atoms with Crippen LogP contribution in [0.25, 0.3) is 10.9 Å². The lowest BCUT2D eigenvalue weighted by molar-refractivity contribution is 0.0932. The van der Waals surface area contributed by atoms with Gasteiger partial charge in [0.2, 0.25) is 10.0 Å². The van der Waals surface area contributed by atoms with Crippen LogP contribution in [0.15, 0.2) is 42.5 Å². The number of anilines is 1. The maximum Gasteiger partial charge on any atom is 0.268 e. The molecule has 0 spiro atoms. The third-order valence-corrected chi connectivity index (χ3v) is 6.63. The number of hydrogen-bond acceptors (Lipinski definition) is 3. The Kier molecular flexibility index (Phi) is 4.59. The van der Waals surface area contributed by atoms with Crippen molar-refractivity contribution >= 4 is 44.1 Å². The summed E-state index contributed by atoms with van der Waals surface area (Å²) in [5.41, 5.74) is 3.92. The quantitative estimate of drug-likeness (QED) is 0.683. The van der Waals surface area contributed by atoms with Crippen molar-refractivity contribution < 1.29 is 13.2 Å². The van der Waals surface area contributed by atoms with E-state index in [0.29, 0.717) is 22.8 Å². The molecule has 3 aromatic rings. The van der Waals surface area contributed by atoms with Gasteiger partial charge in [0.1, 0.15) is 5.69 Å². The Balaban J connectivity index is 1.56. The van der Waals surface area contributed by atoms with Crippen LogP contribution < -0.4 is 10.0 Å². The fourth-order valence-corrected chi connectivity index (χ4v) is 4.82. The highest BCUT2D eigenvalue weighted by Gasteiger charge is 2.22. The summed E-state index contributed by atoms with van der Waals surface area (Å²) in [6.45, 7) is 1.91. The summed E-state index contributed by atoms with van der Waals surface area (Å²) in [5.74, 6) is -0.108. The van der Waals surface area contributed by atoms with Gasteiger partial charge in [-0.2, -0.15) is 0 Å². The van der Waals surface area contributed by atoms with E-state index < -0.39 is 10.0 Å². The van der Waals surface area contributed by atoms with E-state index in [1.54, 1.807) is 12.1 Å². The maximum absolute atomic E-state index is 12.8. The molecule has 1 aromatic heterocycles. The molecule has 2 heterocycles. The van der Waals surface area contributed by atoms with Crippen LogP contribution in [-0.2, 0) is 23.5 Å². The Hall–Kier alpha value is -2.51. The van der Waals surface area contributed by atoms with E-state index in [0.717, 1.165) is 22.0 Å². The van der Waals surface area contributed by atoms with Crippen LogP contribution in [0.3, 0.4) is 0 Å². The molecule has 0 radical (unpaired) electrons. The minimum absolute atomic E-state index is 0.0721. The lowest BCUT2D eigenvalue weighted by atomic mass is 10.0. The first-order valence-electron chi connectivity index (χ1n) is 8.93. The predicted octanol–water partition coefficient (Wildman–Crippen LogP) is 3.62. The van der Waals surface area contributed by atoms with Crippen molar-refractivity contribution in [1.29, 1.82) is 0 Å². The van der Waals surface area contributed by atoms with Gasteiger partial charge in [-0.3, -0.25) is 9.52 Å². The Morgan fingerprint density at radius 3 is 2.79 bits per heavy atom. The highest BCUT2D eigenvalue weighted by Crippen LogP contribution is 2.27. The summed E-state index contributed by atoms with van der Waals surface area (Å²) in [7, 11) is -1.40. The number of nitrogens with zero attached hydrogens (tertiary/aromatic N) is 1. The van der Waals surface area contributed by atoms with Crippen LogP contribution in [-0.4, -0.2) is 24.6 Å². The highest BCUT2D eigenvalue weighted by molar-refractivity contribution is 7.92. The molecular formula is C20H20ClN3O3S. The summed E-state index contributed by atoms with van der Waals surface area (Å²) < 4.78 is 27.8. The van der Waals surface area contributed by atoms with Crippen LogP contribution in [0.2, 0.25) is 5.02 Å². The zero-order valence-corrected chi connectivity index (χ0v) is 17.1. The summed E-state index contributed by atoms with van der Waals surface area (Å²) in [6, 6.07) is 12.7. The van der Waals surface area contributed by atoms with Crippen LogP contribution >= 0.6 is 11.6 Å². The van der Waals surface area contributed by atoms with Crippen LogP contribution in [0, 0.1) is 0 Å². The van der Waals surface area contributed by atoms with Gasteiger partial charge in [0.15, 0.2) is 0 Å². The summed E-state index contributed by atoms with van der Waals surface area (Å²) >= 11 is 6.06. The molecule has 146 valence electrons. The van der Waals surface area contributed by atoms with Gasteiger partial charge in [0.25, 0.3) is 5.91 Å². The van der Waals surface area contributed by atoms with Gasteiger partial charge in [-0.15, -0.1) is 0 Å². The molecule has 0 bridgehead atoms. The number of hydrogen-bond donors (Lipinski definition) is 2. The van der Waals surface area contributed by atoms with Crippen molar-refractivity contribution in [3.8, 4) is 0 Å². The van der Waals surface area contributed by atoms with Crippen molar-refractivity contribution in [3.05, 3.63) is 64.3 Å². The number of nitrogens with one attached hydrogen (secondary N) is 2. The van der Waals surface area contributed by atoms with Gasteiger partial charge in [0, 0.05) is 23.0 Å². The number of fused-ring (bicyclic) bond motifs is 2. The monoisotopic (exact) mass is 417 g/mol. The van der Waals surface area contributed by atoms with Gasteiger partial charge in [-0.1, -0.05) is 29.8 Å². The third kappa shape index (κ3) is 3.47. The molecule has 4 rings (SSSR count).